The molecule has 1 aromatic rings. The standard InChI is InChI=1S/C12H14F3NS/c1-16(8-12(13,14)15)6-9-7-17-11-5-3-2-4-10(9)11/h2-5,9H,6-8H2,1H3. The lowest BCUT2D eigenvalue weighted by Gasteiger charge is -2.22. The molecule has 17 heavy (non-hydrogen) atoms. The van der Waals surface area contributed by atoms with Crippen molar-refractivity contribution in [2.75, 3.05) is 25.9 Å². The van der Waals surface area contributed by atoms with Crippen molar-refractivity contribution < 1.29 is 13.2 Å². The van der Waals surface area contributed by atoms with E-state index < -0.39 is 12.7 Å². The maximum atomic E-state index is 12.2. The Kier molecular flexibility index (Phi) is 3.68. The summed E-state index contributed by atoms with van der Waals surface area (Å²) in [5.41, 5.74) is 1.19. The lowest BCUT2D eigenvalue weighted by Crippen LogP contribution is -2.34. The number of hydrogen-bond donors (Lipinski definition) is 0. The second kappa shape index (κ2) is 4.90. The van der Waals surface area contributed by atoms with Gasteiger partial charge in [-0.15, -0.1) is 11.8 Å². The molecular formula is C12H14F3NS. The van der Waals surface area contributed by atoms with Crippen molar-refractivity contribution in [2.45, 2.75) is 17.0 Å². The molecule has 1 atom stereocenters. The highest BCUT2D eigenvalue weighted by Gasteiger charge is 2.31. The first-order valence-electron chi connectivity index (χ1n) is 5.43. The Bertz CT molecular complexity index is 392. The topological polar surface area (TPSA) is 3.24 Å². The minimum absolute atomic E-state index is 0.212. The molecule has 94 valence electrons. The van der Waals surface area contributed by atoms with Gasteiger partial charge in [0.2, 0.25) is 0 Å². The summed E-state index contributed by atoms with van der Waals surface area (Å²) >= 11 is 1.73. The molecule has 0 aliphatic carbocycles. The van der Waals surface area contributed by atoms with Gasteiger partial charge in [0, 0.05) is 23.1 Å². The number of fused-ring (bicyclic) bond motifs is 1. The number of likely N-dealkylation sites (N-methyl/N-ethyl adjacent to an activating group) is 1. The first-order valence-corrected chi connectivity index (χ1v) is 6.41. The Morgan fingerprint density at radius 3 is 2.76 bits per heavy atom. The highest BCUT2D eigenvalue weighted by atomic mass is 32.2. The summed E-state index contributed by atoms with van der Waals surface area (Å²) in [6, 6.07) is 7.96. The molecular weight excluding hydrogens is 247 g/mol. The van der Waals surface area contributed by atoms with Crippen LogP contribution < -0.4 is 0 Å². The molecule has 5 heteroatoms. The minimum Gasteiger partial charge on any atom is -0.297 e. The average Bonchev–Trinajstić information content (AvgIpc) is 2.59. The van der Waals surface area contributed by atoms with Gasteiger partial charge in [0.05, 0.1) is 6.54 Å². The molecule has 1 nitrogen and oxygen atoms in total. The summed E-state index contributed by atoms with van der Waals surface area (Å²) in [5.74, 6) is 1.09. The molecule has 0 N–H and O–H groups in total. The van der Waals surface area contributed by atoms with E-state index in [4.69, 9.17) is 0 Å². The van der Waals surface area contributed by atoms with Crippen LogP contribution in [0.2, 0.25) is 0 Å². The van der Waals surface area contributed by atoms with Gasteiger partial charge in [-0.1, -0.05) is 18.2 Å². The Balaban J connectivity index is 1.98. The molecule has 1 aliphatic rings. The Hall–Kier alpha value is -0.680. The molecule has 1 heterocycles. The fourth-order valence-corrected chi connectivity index (χ4v) is 3.37. The number of nitrogens with zero attached hydrogens (tertiary/aromatic N) is 1. The van der Waals surface area contributed by atoms with Crippen LogP contribution in [-0.4, -0.2) is 37.0 Å². The van der Waals surface area contributed by atoms with Crippen LogP contribution in [0.15, 0.2) is 29.2 Å². The first-order chi connectivity index (χ1) is 7.96. The van der Waals surface area contributed by atoms with E-state index in [1.165, 1.54) is 22.4 Å². The highest BCUT2D eigenvalue weighted by Crippen LogP contribution is 2.39. The molecule has 2 rings (SSSR count). The molecule has 1 unspecified atom stereocenters. The summed E-state index contributed by atoms with van der Waals surface area (Å²) in [5, 5.41) is 0. The predicted molar refractivity (Wildman–Crippen MR) is 63.5 cm³/mol. The van der Waals surface area contributed by atoms with Crippen LogP contribution in [-0.2, 0) is 0 Å². The maximum Gasteiger partial charge on any atom is 0.401 e. The zero-order valence-corrected chi connectivity index (χ0v) is 10.3. The lowest BCUT2D eigenvalue weighted by molar-refractivity contribution is -0.143. The van der Waals surface area contributed by atoms with Crippen molar-refractivity contribution >= 4 is 11.8 Å². The molecule has 0 saturated heterocycles. The normalized spacial score (nSPS) is 19.7. The third-order valence-electron chi connectivity index (χ3n) is 2.78. The Morgan fingerprint density at radius 2 is 2.06 bits per heavy atom. The van der Waals surface area contributed by atoms with Gasteiger partial charge in [-0.25, -0.2) is 0 Å². The average molecular weight is 261 g/mol. The summed E-state index contributed by atoms with van der Waals surface area (Å²) in [7, 11) is 1.53. The van der Waals surface area contributed by atoms with Gasteiger partial charge in [-0.2, -0.15) is 13.2 Å². The zero-order valence-electron chi connectivity index (χ0n) is 9.50. The van der Waals surface area contributed by atoms with Crippen LogP contribution in [0, 0.1) is 0 Å². The third kappa shape index (κ3) is 3.39. The van der Waals surface area contributed by atoms with Crippen LogP contribution in [0.25, 0.3) is 0 Å². The quantitative estimate of drug-likeness (QED) is 0.820. The lowest BCUT2D eigenvalue weighted by atomic mass is 10.0. The fourth-order valence-electron chi connectivity index (χ4n) is 2.13. The summed E-state index contributed by atoms with van der Waals surface area (Å²) < 4.78 is 36.7. The monoisotopic (exact) mass is 261 g/mol. The summed E-state index contributed by atoms with van der Waals surface area (Å²) in [6.45, 7) is -0.375. The molecule has 0 amide bonds. The summed E-state index contributed by atoms with van der Waals surface area (Å²) in [6.07, 6.45) is -4.11. The van der Waals surface area contributed by atoms with Crippen molar-refractivity contribution in [2.24, 2.45) is 0 Å². The van der Waals surface area contributed by atoms with E-state index in [0.717, 1.165) is 5.75 Å². The van der Waals surface area contributed by atoms with E-state index in [2.05, 4.69) is 0 Å². The number of benzene rings is 1. The van der Waals surface area contributed by atoms with Crippen LogP contribution in [0.4, 0.5) is 13.2 Å². The van der Waals surface area contributed by atoms with Gasteiger partial charge in [0.1, 0.15) is 0 Å². The number of thioether (sulfide) groups is 1. The van der Waals surface area contributed by atoms with E-state index >= 15 is 0 Å². The minimum atomic E-state index is -4.11. The Labute approximate surface area is 103 Å². The van der Waals surface area contributed by atoms with Crippen LogP contribution >= 0.6 is 11.8 Å². The van der Waals surface area contributed by atoms with Gasteiger partial charge in [0.25, 0.3) is 0 Å². The summed E-state index contributed by atoms with van der Waals surface area (Å²) in [4.78, 5) is 2.56. The van der Waals surface area contributed by atoms with Gasteiger partial charge in [0.15, 0.2) is 0 Å². The van der Waals surface area contributed by atoms with E-state index in [1.54, 1.807) is 11.8 Å². The maximum absolute atomic E-state index is 12.2. The molecule has 1 aromatic carbocycles. The molecule has 0 radical (unpaired) electrons. The number of hydrogen-bond acceptors (Lipinski definition) is 2. The molecule has 0 spiro atoms. The van der Waals surface area contributed by atoms with Gasteiger partial charge in [-0.05, 0) is 18.7 Å². The van der Waals surface area contributed by atoms with E-state index in [1.807, 2.05) is 24.3 Å². The predicted octanol–water partition coefficient (Wildman–Crippen LogP) is 3.37. The van der Waals surface area contributed by atoms with E-state index in [-0.39, 0.29) is 5.92 Å². The third-order valence-corrected chi connectivity index (χ3v) is 4.03. The molecule has 0 saturated carbocycles. The van der Waals surface area contributed by atoms with Crippen molar-refractivity contribution in [3.63, 3.8) is 0 Å². The number of alkyl halides is 3. The SMILES string of the molecule is CN(CC1CSc2ccccc21)CC(F)(F)F. The zero-order chi connectivity index (χ0) is 12.5. The fraction of sp³-hybridized carbons (Fsp3) is 0.500. The van der Waals surface area contributed by atoms with E-state index in [0.29, 0.717) is 6.54 Å². The van der Waals surface area contributed by atoms with Crippen LogP contribution in [0.3, 0.4) is 0 Å². The molecule has 0 fully saturated rings. The van der Waals surface area contributed by atoms with Gasteiger partial charge >= 0.3 is 6.18 Å². The van der Waals surface area contributed by atoms with Crippen molar-refractivity contribution in [1.82, 2.24) is 4.90 Å². The van der Waals surface area contributed by atoms with Crippen molar-refractivity contribution in [1.29, 1.82) is 0 Å². The molecule has 1 aliphatic heterocycles. The smallest absolute Gasteiger partial charge is 0.297 e. The highest BCUT2D eigenvalue weighted by molar-refractivity contribution is 7.99. The second-order valence-electron chi connectivity index (χ2n) is 4.36. The van der Waals surface area contributed by atoms with Crippen molar-refractivity contribution in [3.05, 3.63) is 29.8 Å². The second-order valence-corrected chi connectivity index (χ2v) is 5.42. The first kappa shape index (κ1) is 12.8. The van der Waals surface area contributed by atoms with Gasteiger partial charge < -0.3 is 0 Å². The molecule has 0 aromatic heterocycles. The number of halogens is 3. The van der Waals surface area contributed by atoms with Crippen LogP contribution in [0.5, 0.6) is 0 Å². The van der Waals surface area contributed by atoms with Gasteiger partial charge in [-0.3, -0.25) is 4.90 Å². The van der Waals surface area contributed by atoms with Crippen molar-refractivity contribution in [3.8, 4) is 0 Å². The molecule has 0 bridgehead atoms. The Morgan fingerprint density at radius 1 is 1.35 bits per heavy atom. The van der Waals surface area contributed by atoms with E-state index in [9.17, 15) is 13.2 Å². The number of rotatable bonds is 3. The largest absolute Gasteiger partial charge is 0.401 e. The van der Waals surface area contributed by atoms with Crippen LogP contribution in [0.1, 0.15) is 11.5 Å².